The van der Waals surface area contributed by atoms with E-state index in [4.69, 9.17) is 10.00 Å². The minimum absolute atomic E-state index is 0.0146. The van der Waals surface area contributed by atoms with Gasteiger partial charge in [-0.1, -0.05) is 12.1 Å². The van der Waals surface area contributed by atoms with E-state index < -0.39 is 33.1 Å². The molecule has 2 heterocycles. The zero-order chi connectivity index (χ0) is 24.6. The SMILES string of the molecule is C[C@@]1(Oc2cc(NS(=O)(=O)c3cc(-c4cccc(C#N)c4)cs3)ccc2C(F)(F)F)CCNC1. The van der Waals surface area contributed by atoms with E-state index in [9.17, 15) is 21.6 Å². The minimum Gasteiger partial charge on any atom is -0.485 e. The summed E-state index contributed by atoms with van der Waals surface area (Å²) >= 11 is 0.968. The molecule has 0 spiro atoms. The number of nitrogens with one attached hydrogen (secondary N) is 2. The van der Waals surface area contributed by atoms with Gasteiger partial charge in [-0.15, -0.1) is 11.3 Å². The second-order valence-corrected chi connectivity index (χ2v) is 11.0. The average Bonchev–Trinajstić information content (AvgIpc) is 3.43. The van der Waals surface area contributed by atoms with Gasteiger partial charge in [-0.2, -0.15) is 18.4 Å². The molecule has 0 saturated carbocycles. The maximum atomic E-state index is 13.5. The number of ether oxygens (including phenoxy) is 1. The highest BCUT2D eigenvalue weighted by molar-refractivity contribution is 7.94. The van der Waals surface area contributed by atoms with E-state index in [2.05, 4.69) is 10.0 Å². The number of hydrogen-bond acceptors (Lipinski definition) is 6. The number of anilines is 1. The van der Waals surface area contributed by atoms with Crippen LogP contribution >= 0.6 is 11.3 Å². The smallest absolute Gasteiger partial charge is 0.419 e. The topological polar surface area (TPSA) is 91.2 Å². The molecule has 178 valence electrons. The Hall–Kier alpha value is -3.07. The van der Waals surface area contributed by atoms with Crippen LogP contribution in [0.2, 0.25) is 0 Å². The Bertz CT molecular complexity index is 1360. The third kappa shape index (κ3) is 5.19. The van der Waals surface area contributed by atoms with Crippen molar-refractivity contribution in [3.05, 3.63) is 65.0 Å². The first-order valence-electron chi connectivity index (χ1n) is 10.2. The Morgan fingerprint density at radius 2 is 1.97 bits per heavy atom. The Balaban J connectivity index is 1.62. The van der Waals surface area contributed by atoms with E-state index in [1.807, 2.05) is 6.07 Å². The third-order valence-corrected chi connectivity index (χ3v) is 8.21. The Labute approximate surface area is 199 Å². The second kappa shape index (κ2) is 8.94. The zero-order valence-electron chi connectivity index (χ0n) is 17.9. The minimum atomic E-state index is -4.66. The van der Waals surface area contributed by atoms with Crippen LogP contribution in [0.1, 0.15) is 24.5 Å². The van der Waals surface area contributed by atoms with Crippen LogP contribution in [0.3, 0.4) is 0 Å². The summed E-state index contributed by atoms with van der Waals surface area (Å²) in [5.74, 6) is -0.431. The maximum Gasteiger partial charge on any atom is 0.419 e. The molecule has 0 radical (unpaired) electrons. The molecule has 1 aromatic heterocycles. The van der Waals surface area contributed by atoms with Crippen molar-refractivity contribution in [3.8, 4) is 22.9 Å². The highest BCUT2D eigenvalue weighted by atomic mass is 32.2. The lowest BCUT2D eigenvalue weighted by molar-refractivity contribution is -0.139. The number of nitrogens with zero attached hydrogens (tertiary/aromatic N) is 1. The molecule has 3 aromatic rings. The van der Waals surface area contributed by atoms with E-state index in [0.717, 1.165) is 29.5 Å². The van der Waals surface area contributed by atoms with Gasteiger partial charge in [-0.25, -0.2) is 8.42 Å². The van der Waals surface area contributed by atoms with Crippen LogP contribution in [0, 0.1) is 11.3 Å². The van der Waals surface area contributed by atoms with E-state index in [1.54, 1.807) is 36.6 Å². The lowest BCUT2D eigenvalue weighted by atomic mass is 10.1. The number of benzene rings is 2. The molecule has 2 aromatic carbocycles. The summed E-state index contributed by atoms with van der Waals surface area (Å²) in [6, 6.07) is 13.2. The molecular formula is C23H20F3N3O3S2. The summed E-state index contributed by atoms with van der Waals surface area (Å²) in [6.07, 6.45) is -4.14. The maximum absolute atomic E-state index is 13.5. The van der Waals surface area contributed by atoms with Crippen molar-refractivity contribution < 1.29 is 26.3 Å². The summed E-state index contributed by atoms with van der Waals surface area (Å²) in [7, 11) is -4.07. The van der Waals surface area contributed by atoms with Crippen LogP contribution in [-0.4, -0.2) is 27.1 Å². The molecule has 2 N–H and O–H groups in total. The largest absolute Gasteiger partial charge is 0.485 e. The van der Waals surface area contributed by atoms with Gasteiger partial charge < -0.3 is 10.1 Å². The molecule has 4 rings (SSSR count). The van der Waals surface area contributed by atoms with Gasteiger partial charge in [-0.05, 0) is 60.3 Å². The van der Waals surface area contributed by atoms with Crippen molar-refractivity contribution in [2.45, 2.75) is 29.3 Å². The first-order valence-corrected chi connectivity index (χ1v) is 12.6. The van der Waals surface area contributed by atoms with Crippen LogP contribution < -0.4 is 14.8 Å². The number of thiophene rings is 1. The van der Waals surface area contributed by atoms with E-state index in [-0.39, 0.29) is 9.90 Å². The molecule has 34 heavy (non-hydrogen) atoms. The van der Waals surface area contributed by atoms with Gasteiger partial charge in [0.15, 0.2) is 0 Å². The Morgan fingerprint density at radius 3 is 2.65 bits per heavy atom. The fourth-order valence-electron chi connectivity index (χ4n) is 3.63. The number of sulfonamides is 1. The first kappa shape index (κ1) is 24.1. The van der Waals surface area contributed by atoms with Gasteiger partial charge in [0.1, 0.15) is 15.6 Å². The molecule has 0 amide bonds. The van der Waals surface area contributed by atoms with Crippen LogP contribution in [0.4, 0.5) is 18.9 Å². The third-order valence-electron chi connectivity index (χ3n) is 5.39. The van der Waals surface area contributed by atoms with E-state index >= 15 is 0 Å². The van der Waals surface area contributed by atoms with Crippen LogP contribution in [0.15, 0.2) is 58.1 Å². The fourth-order valence-corrected chi connectivity index (χ4v) is 5.87. The van der Waals surface area contributed by atoms with Gasteiger partial charge in [0.2, 0.25) is 0 Å². The number of halogens is 3. The highest BCUT2D eigenvalue weighted by Gasteiger charge is 2.38. The zero-order valence-corrected chi connectivity index (χ0v) is 19.6. The second-order valence-electron chi connectivity index (χ2n) is 8.14. The molecule has 1 fully saturated rings. The normalized spacial score (nSPS) is 18.4. The summed E-state index contributed by atoms with van der Waals surface area (Å²) in [4.78, 5) is 0. The molecule has 1 aliphatic rings. The molecule has 0 unspecified atom stereocenters. The van der Waals surface area contributed by atoms with Crippen molar-refractivity contribution in [3.63, 3.8) is 0 Å². The predicted molar refractivity (Wildman–Crippen MR) is 123 cm³/mol. The Kier molecular flexibility index (Phi) is 6.33. The first-order chi connectivity index (χ1) is 16.0. The highest BCUT2D eigenvalue weighted by Crippen LogP contribution is 2.40. The molecule has 1 saturated heterocycles. The van der Waals surface area contributed by atoms with Crippen molar-refractivity contribution in [1.29, 1.82) is 5.26 Å². The molecule has 1 aliphatic heterocycles. The van der Waals surface area contributed by atoms with Crippen molar-refractivity contribution >= 4 is 27.0 Å². The standard InChI is InChI=1S/C23H20F3N3O3S2/c1-22(7-8-28-14-22)32-20-11-18(5-6-19(20)23(24,25)26)29-34(30,31)21-10-17(13-33-21)16-4-2-3-15(9-16)12-27/h2-6,9-11,13,28-29H,7-8,14H2,1H3/t22-/m1/s1. The van der Waals surface area contributed by atoms with Gasteiger partial charge in [0.25, 0.3) is 10.0 Å². The average molecular weight is 508 g/mol. The summed E-state index contributed by atoms with van der Waals surface area (Å²) in [5, 5.41) is 13.8. The van der Waals surface area contributed by atoms with Gasteiger partial charge >= 0.3 is 6.18 Å². The summed E-state index contributed by atoms with van der Waals surface area (Å²) < 4.78 is 74.6. The van der Waals surface area contributed by atoms with E-state index in [0.29, 0.717) is 36.2 Å². The Morgan fingerprint density at radius 1 is 1.18 bits per heavy atom. The molecule has 1 atom stereocenters. The quantitative estimate of drug-likeness (QED) is 0.476. The lowest BCUT2D eigenvalue weighted by Crippen LogP contribution is -2.35. The fraction of sp³-hybridized carbons (Fsp3) is 0.261. The van der Waals surface area contributed by atoms with Crippen molar-refractivity contribution in [2.75, 3.05) is 17.8 Å². The van der Waals surface area contributed by atoms with Crippen molar-refractivity contribution in [1.82, 2.24) is 5.32 Å². The molecule has 11 heteroatoms. The number of rotatable bonds is 6. The van der Waals surface area contributed by atoms with E-state index in [1.165, 1.54) is 6.07 Å². The monoisotopic (exact) mass is 507 g/mol. The van der Waals surface area contributed by atoms with Crippen LogP contribution in [-0.2, 0) is 16.2 Å². The van der Waals surface area contributed by atoms with Crippen LogP contribution in [0.25, 0.3) is 11.1 Å². The molecule has 6 nitrogen and oxygen atoms in total. The predicted octanol–water partition coefficient (Wildman–Crippen LogP) is 5.24. The number of hydrogen-bond donors (Lipinski definition) is 2. The molecular weight excluding hydrogens is 487 g/mol. The lowest BCUT2D eigenvalue weighted by Gasteiger charge is -2.27. The number of nitriles is 1. The summed E-state index contributed by atoms with van der Waals surface area (Å²) in [6.45, 7) is 2.70. The number of alkyl halides is 3. The van der Waals surface area contributed by atoms with Gasteiger partial charge in [0.05, 0.1) is 22.9 Å². The van der Waals surface area contributed by atoms with Crippen molar-refractivity contribution in [2.24, 2.45) is 0 Å². The van der Waals surface area contributed by atoms with Crippen LogP contribution in [0.5, 0.6) is 5.75 Å². The van der Waals surface area contributed by atoms with Gasteiger partial charge in [0, 0.05) is 19.0 Å². The summed E-state index contributed by atoms with van der Waals surface area (Å²) in [5.41, 5.74) is -0.119. The van der Waals surface area contributed by atoms with Gasteiger partial charge in [-0.3, -0.25) is 4.72 Å². The molecule has 0 bridgehead atoms. The molecule has 0 aliphatic carbocycles.